The molecule has 9 fully saturated rings. The first kappa shape index (κ1) is 37.1. The second-order valence-electron chi connectivity index (χ2n) is 19.2. The zero-order valence-corrected chi connectivity index (χ0v) is 32.3. The Morgan fingerprint density at radius 1 is 0.902 bits per heavy atom. The molecule has 5 aliphatic carbocycles. The minimum atomic E-state index is -4.68. The average Bonchev–Trinajstić information content (AvgIpc) is 3.27. The molecule has 4 heterocycles. The van der Waals surface area contributed by atoms with E-state index in [0.717, 1.165) is 70.6 Å². The quantitative estimate of drug-likeness (QED) is 0.145. The summed E-state index contributed by atoms with van der Waals surface area (Å²) in [6, 6.07) is 0. The fourth-order valence-corrected chi connectivity index (χ4v) is 14.9. The highest BCUT2D eigenvalue weighted by Gasteiger charge is 2.70. The van der Waals surface area contributed by atoms with E-state index in [-0.39, 0.29) is 53.4 Å². The lowest BCUT2D eigenvalue weighted by Gasteiger charge is -2.63. The lowest BCUT2D eigenvalue weighted by atomic mass is 9.43. The fraction of sp³-hybridized carbons (Fsp3) is 0.974. The normalized spacial score (nSPS) is 54.0. The van der Waals surface area contributed by atoms with Crippen LogP contribution in [-0.4, -0.2) is 60.2 Å². The maximum absolute atomic E-state index is 12.4. The van der Waals surface area contributed by atoms with Gasteiger partial charge in [0.25, 0.3) is 0 Å². The molecule has 51 heavy (non-hydrogen) atoms. The molecule has 11 nitrogen and oxygen atoms in total. The van der Waals surface area contributed by atoms with Gasteiger partial charge in [0, 0.05) is 30.1 Å². The number of carbonyl (C=O) groups is 1. The van der Waals surface area contributed by atoms with Gasteiger partial charge >= 0.3 is 16.4 Å². The van der Waals surface area contributed by atoms with Gasteiger partial charge in [0.15, 0.2) is 18.2 Å². The van der Waals surface area contributed by atoms with Gasteiger partial charge in [-0.05, 0) is 137 Å². The topological polar surface area (TPSA) is 147 Å². The highest BCUT2D eigenvalue weighted by Crippen LogP contribution is 2.69. The van der Waals surface area contributed by atoms with Gasteiger partial charge in [0.2, 0.25) is 5.79 Å². The maximum Gasteiger partial charge on any atom is 0.397 e. The molecule has 4 saturated heterocycles. The molecule has 2 bridgehead atoms. The van der Waals surface area contributed by atoms with Crippen LogP contribution in [0.2, 0.25) is 0 Å². The van der Waals surface area contributed by atoms with Crippen molar-refractivity contribution in [1.29, 1.82) is 0 Å². The lowest BCUT2D eigenvalue weighted by molar-refractivity contribution is -0.578. The van der Waals surface area contributed by atoms with E-state index >= 15 is 0 Å². The molecule has 1 spiro atoms. The first-order chi connectivity index (χ1) is 24.0. The third kappa shape index (κ3) is 5.89. The smallest absolute Gasteiger partial charge is 0.397 e. The second kappa shape index (κ2) is 12.8. The molecule has 18 atom stereocenters. The van der Waals surface area contributed by atoms with Gasteiger partial charge in [-0.25, -0.2) is 14.0 Å². The molecule has 9 aliphatic rings. The fourth-order valence-electron chi connectivity index (χ4n) is 14.3. The summed E-state index contributed by atoms with van der Waals surface area (Å²) >= 11 is 0. The van der Waals surface area contributed by atoms with Crippen molar-refractivity contribution in [3.63, 3.8) is 0 Å². The zero-order valence-electron chi connectivity index (χ0n) is 31.5. The lowest BCUT2D eigenvalue weighted by Crippen LogP contribution is -2.70. The van der Waals surface area contributed by atoms with Gasteiger partial charge in [-0.2, -0.15) is 8.42 Å². The molecule has 9 rings (SSSR count). The molecule has 0 aromatic heterocycles. The molecule has 0 aromatic carbocycles. The number of rotatable bonds is 8. The molecule has 4 aliphatic heterocycles. The maximum atomic E-state index is 12.4. The molecule has 9 unspecified atom stereocenters. The number of ether oxygens (including phenoxy) is 3. The predicted molar refractivity (Wildman–Crippen MR) is 185 cm³/mol. The summed E-state index contributed by atoms with van der Waals surface area (Å²) in [7, 11) is -4.68. The third-order valence-corrected chi connectivity index (χ3v) is 17.4. The Hall–Kier alpha value is -0.860. The zero-order chi connectivity index (χ0) is 36.3. The Morgan fingerprint density at radius 3 is 2.41 bits per heavy atom. The van der Waals surface area contributed by atoms with E-state index in [1.54, 1.807) is 0 Å². The van der Waals surface area contributed by atoms with Crippen LogP contribution in [0.5, 0.6) is 0 Å². The number of carboxylic acids is 1. The molecule has 290 valence electrons. The van der Waals surface area contributed by atoms with Gasteiger partial charge in [0.05, 0.1) is 12.2 Å². The van der Waals surface area contributed by atoms with Crippen molar-refractivity contribution in [2.24, 2.45) is 70.0 Å². The van der Waals surface area contributed by atoms with Crippen molar-refractivity contribution in [3.8, 4) is 0 Å². The van der Waals surface area contributed by atoms with Gasteiger partial charge in [-0.1, -0.05) is 34.6 Å². The first-order valence-corrected chi connectivity index (χ1v) is 21.6. The number of hydrogen-bond acceptors (Lipinski definition) is 9. The molecular formula is C39H62O11S. The van der Waals surface area contributed by atoms with Crippen molar-refractivity contribution >= 4 is 16.4 Å². The second-order valence-corrected chi connectivity index (χ2v) is 20.2. The van der Waals surface area contributed by atoms with E-state index in [1.165, 1.54) is 0 Å². The van der Waals surface area contributed by atoms with Crippen LogP contribution in [0.15, 0.2) is 0 Å². The van der Waals surface area contributed by atoms with E-state index < -0.39 is 51.9 Å². The van der Waals surface area contributed by atoms with Gasteiger partial charge in [-0.3, -0.25) is 9.35 Å². The number of hydrogen-bond donors (Lipinski definition) is 2. The Morgan fingerprint density at radius 2 is 1.67 bits per heavy atom. The summed E-state index contributed by atoms with van der Waals surface area (Å²) in [6.07, 6.45) is 10.6. The minimum absolute atomic E-state index is 0.00289. The summed E-state index contributed by atoms with van der Waals surface area (Å²) in [5.41, 5.74) is -1.07. The number of fused-ring (bicyclic) bond motifs is 7. The van der Waals surface area contributed by atoms with E-state index in [2.05, 4.69) is 34.6 Å². The van der Waals surface area contributed by atoms with Crippen LogP contribution >= 0.6 is 0 Å². The van der Waals surface area contributed by atoms with E-state index in [0.29, 0.717) is 36.5 Å². The standard InChI is InChI=1S/C39H62O11S/c1-21(8-14-33(40)41)27-12-13-30-26-10-9-24-19-25(15-17-36(24,4)31(26)20-32(38(27,30)6)48-51(42,43)44)45-34-23(3)29-11-7-22(2)28-16-18-37(5)47-35(46-34)39(28,29)50-49-37/h21-32,34-35H,7-20H2,1-6H3,(H,40,41)(H,42,43,44)/t21-,22-,23-,24?,25-,26?,27-,28?,29?,30?,31?,32+,34?,35?,36+,37?,38-,39-/m1/s1. The predicted octanol–water partition coefficient (Wildman–Crippen LogP) is 7.54. The first-order valence-electron chi connectivity index (χ1n) is 20.2. The molecular weight excluding hydrogens is 676 g/mol. The Labute approximate surface area is 304 Å². The van der Waals surface area contributed by atoms with Gasteiger partial charge < -0.3 is 19.3 Å². The Balaban J connectivity index is 0.993. The molecule has 2 N–H and O–H groups in total. The molecule has 0 radical (unpaired) electrons. The summed E-state index contributed by atoms with van der Waals surface area (Å²) in [5, 5.41) is 9.39. The van der Waals surface area contributed by atoms with Crippen molar-refractivity contribution in [2.45, 2.75) is 168 Å². The molecule has 5 saturated carbocycles. The van der Waals surface area contributed by atoms with E-state index in [9.17, 15) is 22.9 Å². The molecule has 12 heteroatoms. The SMILES string of the molecule is C[C@H]1C(O[C@@H]2CC[C@@]3(C)C(CCC4C3C[C@H](OS(=O)(=O)O)[C@@]3(C)C4CC[C@@H]3[C@H](C)CCC(=O)O)C2)OC2OC3(C)CCC4[C@H](C)CCC1[C@@]24OO3. The highest BCUT2D eigenvalue weighted by atomic mass is 32.3. The Bertz CT molecular complexity index is 1460. The van der Waals surface area contributed by atoms with Crippen LogP contribution in [0.1, 0.15) is 131 Å². The Kier molecular flexibility index (Phi) is 9.34. The van der Waals surface area contributed by atoms with E-state index in [1.807, 2.05) is 6.92 Å². The monoisotopic (exact) mass is 738 g/mol. The van der Waals surface area contributed by atoms with Crippen molar-refractivity contribution in [2.75, 3.05) is 0 Å². The van der Waals surface area contributed by atoms with E-state index in [4.69, 9.17) is 28.2 Å². The molecule has 0 amide bonds. The van der Waals surface area contributed by atoms with Crippen LogP contribution in [0, 0.1) is 70.0 Å². The van der Waals surface area contributed by atoms with Crippen molar-refractivity contribution in [1.82, 2.24) is 0 Å². The summed E-state index contributed by atoms with van der Waals surface area (Å²) in [6.45, 7) is 13.2. The van der Waals surface area contributed by atoms with Crippen LogP contribution in [0.3, 0.4) is 0 Å². The van der Waals surface area contributed by atoms with Gasteiger partial charge in [0.1, 0.15) is 0 Å². The number of carboxylic acid groups (broad SMARTS) is 1. The third-order valence-electron chi connectivity index (χ3n) is 16.9. The summed E-state index contributed by atoms with van der Waals surface area (Å²) in [4.78, 5) is 23.8. The van der Waals surface area contributed by atoms with Crippen molar-refractivity contribution in [3.05, 3.63) is 0 Å². The largest absolute Gasteiger partial charge is 0.481 e. The van der Waals surface area contributed by atoms with Crippen molar-refractivity contribution < 1.29 is 51.0 Å². The van der Waals surface area contributed by atoms with Crippen LogP contribution < -0.4 is 0 Å². The average molecular weight is 739 g/mol. The number of aliphatic carboxylic acids is 1. The van der Waals surface area contributed by atoms with Crippen LogP contribution in [-0.2, 0) is 43.4 Å². The molecule has 0 aromatic rings. The van der Waals surface area contributed by atoms with Crippen LogP contribution in [0.25, 0.3) is 0 Å². The summed E-state index contributed by atoms with van der Waals surface area (Å²) < 4.78 is 60.8. The van der Waals surface area contributed by atoms with Crippen LogP contribution in [0.4, 0.5) is 0 Å². The highest BCUT2D eigenvalue weighted by molar-refractivity contribution is 7.80. The summed E-state index contributed by atoms with van der Waals surface area (Å²) in [5.74, 6) is 1.17. The van der Waals surface area contributed by atoms with Gasteiger partial charge in [-0.15, -0.1) is 0 Å². The minimum Gasteiger partial charge on any atom is -0.481 e.